The van der Waals surface area contributed by atoms with E-state index >= 15 is 0 Å². The number of alkyl halides is 6. The van der Waals surface area contributed by atoms with Gasteiger partial charge in [-0.25, -0.2) is 0 Å². The summed E-state index contributed by atoms with van der Waals surface area (Å²) in [5.41, 5.74) is -3.15. The Morgan fingerprint density at radius 1 is 0.964 bits per heavy atom. The van der Waals surface area contributed by atoms with Crippen LogP contribution in [0, 0.1) is 5.92 Å². The molecule has 0 unspecified atom stereocenters. The molecule has 0 saturated carbocycles. The molecule has 1 aromatic rings. The van der Waals surface area contributed by atoms with Gasteiger partial charge < -0.3 is 15.5 Å². The summed E-state index contributed by atoms with van der Waals surface area (Å²) >= 11 is 5.12. The van der Waals surface area contributed by atoms with E-state index in [2.05, 4.69) is 24.5 Å². The largest absolute Gasteiger partial charge is 0.416 e. The lowest BCUT2D eigenvalue weighted by atomic mass is 10.0. The predicted octanol–water partition coefficient (Wildman–Crippen LogP) is 5.38. The fourth-order valence-electron chi connectivity index (χ4n) is 2.56. The molecule has 1 rings (SSSR count). The summed E-state index contributed by atoms with van der Waals surface area (Å²) in [6, 6.07) is 1.21. The summed E-state index contributed by atoms with van der Waals surface area (Å²) in [7, 11) is 3.73. The monoisotopic (exact) mass is 429 g/mol. The third kappa shape index (κ3) is 8.64. The first-order valence-electron chi connectivity index (χ1n) is 8.70. The van der Waals surface area contributed by atoms with Crippen LogP contribution in [0.5, 0.6) is 0 Å². The van der Waals surface area contributed by atoms with Crippen LogP contribution in [-0.4, -0.2) is 36.7 Å². The Labute approximate surface area is 166 Å². The first-order valence-corrected chi connectivity index (χ1v) is 9.11. The van der Waals surface area contributed by atoms with Gasteiger partial charge in [0.05, 0.1) is 11.1 Å². The van der Waals surface area contributed by atoms with Crippen molar-refractivity contribution in [2.75, 3.05) is 26.0 Å². The maximum Gasteiger partial charge on any atom is 0.416 e. The highest BCUT2D eigenvalue weighted by Crippen LogP contribution is 2.37. The summed E-state index contributed by atoms with van der Waals surface area (Å²) in [5.74, 6) is 0.450. The van der Waals surface area contributed by atoms with Crippen molar-refractivity contribution in [1.29, 1.82) is 0 Å². The van der Waals surface area contributed by atoms with Gasteiger partial charge in [0, 0.05) is 18.3 Å². The molecule has 160 valence electrons. The van der Waals surface area contributed by atoms with Gasteiger partial charge in [-0.2, -0.15) is 26.3 Å². The molecule has 0 aliphatic carbocycles. The zero-order valence-corrected chi connectivity index (χ0v) is 16.9. The topological polar surface area (TPSA) is 27.3 Å². The SMILES string of the molecule is CC(C)CC[C@H](CN(C)C)NC(=S)Nc1cc(C(F)(F)F)cc(C(F)(F)F)c1. The molecule has 0 radical (unpaired) electrons. The van der Waals surface area contributed by atoms with E-state index in [-0.39, 0.29) is 22.9 Å². The van der Waals surface area contributed by atoms with Crippen molar-refractivity contribution in [3.05, 3.63) is 29.3 Å². The van der Waals surface area contributed by atoms with Crippen LogP contribution in [0.4, 0.5) is 32.0 Å². The van der Waals surface area contributed by atoms with E-state index in [1.54, 1.807) is 0 Å². The number of hydrogen-bond acceptors (Lipinski definition) is 2. The Balaban J connectivity index is 2.99. The first-order chi connectivity index (χ1) is 12.7. The smallest absolute Gasteiger partial charge is 0.358 e. The highest BCUT2D eigenvalue weighted by Gasteiger charge is 2.37. The van der Waals surface area contributed by atoms with Gasteiger partial charge in [0.2, 0.25) is 0 Å². The van der Waals surface area contributed by atoms with E-state index in [1.165, 1.54) is 0 Å². The van der Waals surface area contributed by atoms with Gasteiger partial charge in [-0.3, -0.25) is 0 Å². The molecular formula is C18H25F6N3S. The molecule has 0 heterocycles. The molecule has 0 amide bonds. The number of nitrogens with zero attached hydrogens (tertiary/aromatic N) is 1. The number of benzene rings is 1. The molecule has 0 aliphatic rings. The summed E-state index contributed by atoms with van der Waals surface area (Å²) in [6.07, 6.45) is -8.15. The number of nitrogens with one attached hydrogen (secondary N) is 2. The van der Waals surface area contributed by atoms with E-state index in [9.17, 15) is 26.3 Å². The van der Waals surface area contributed by atoms with Crippen molar-refractivity contribution in [3.8, 4) is 0 Å². The highest BCUT2D eigenvalue weighted by atomic mass is 32.1. The molecule has 0 aromatic heterocycles. The third-order valence-corrected chi connectivity index (χ3v) is 4.08. The van der Waals surface area contributed by atoms with E-state index in [1.807, 2.05) is 19.0 Å². The molecule has 0 aliphatic heterocycles. The lowest BCUT2D eigenvalue weighted by Gasteiger charge is -2.25. The number of anilines is 1. The van der Waals surface area contributed by atoms with E-state index in [0.717, 1.165) is 12.8 Å². The number of likely N-dealkylation sites (N-methyl/N-ethyl adjacent to an activating group) is 1. The summed E-state index contributed by atoms with van der Waals surface area (Å²) in [5, 5.41) is 5.42. The van der Waals surface area contributed by atoms with Crippen LogP contribution in [0.15, 0.2) is 18.2 Å². The maximum absolute atomic E-state index is 13.0. The molecule has 3 nitrogen and oxygen atoms in total. The summed E-state index contributed by atoms with van der Waals surface area (Å²) in [4.78, 5) is 1.92. The second-order valence-corrected chi connectivity index (χ2v) is 7.73. The van der Waals surface area contributed by atoms with Crippen LogP contribution >= 0.6 is 12.2 Å². The van der Waals surface area contributed by atoms with Gasteiger partial charge in [0.1, 0.15) is 0 Å². The van der Waals surface area contributed by atoms with E-state index < -0.39 is 23.5 Å². The average Bonchev–Trinajstić information content (AvgIpc) is 2.49. The fraction of sp³-hybridized carbons (Fsp3) is 0.611. The molecular weight excluding hydrogens is 404 g/mol. The standard InChI is InChI=1S/C18H25F6N3S/c1-11(2)5-6-14(10-27(3)4)25-16(28)26-15-8-12(17(19,20)21)7-13(9-15)18(22,23)24/h7-9,11,14H,5-6,10H2,1-4H3,(H2,25,26,28)/t14-/m1/s1. The van der Waals surface area contributed by atoms with Crippen molar-refractivity contribution < 1.29 is 26.3 Å². The average molecular weight is 429 g/mol. The molecule has 1 aromatic carbocycles. The van der Waals surface area contributed by atoms with E-state index in [0.29, 0.717) is 24.6 Å². The second kappa shape index (κ2) is 9.78. The molecule has 0 fully saturated rings. The van der Waals surface area contributed by atoms with Crippen LogP contribution in [0.25, 0.3) is 0 Å². The van der Waals surface area contributed by atoms with Gasteiger partial charge >= 0.3 is 12.4 Å². The van der Waals surface area contributed by atoms with Crippen LogP contribution in [0.1, 0.15) is 37.8 Å². The van der Waals surface area contributed by atoms with Crippen LogP contribution < -0.4 is 10.6 Å². The van der Waals surface area contributed by atoms with Crippen molar-refractivity contribution in [3.63, 3.8) is 0 Å². The van der Waals surface area contributed by atoms with E-state index in [4.69, 9.17) is 12.2 Å². The lowest BCUT2D eigenvalue weighted by Crippen LogP contribution is -2.43. The maximum atomic E-state index is 13.0. The minimum absolute atomic E-state index is 0.0249. The Hall–Kier alpha value is -1.55. The normalized spacial score (nSPS) is 13.7. The molecule has 28 heavy (non-hydrogen) atoms. The Morgan fingerprint density at radius 2 is 1.46 bits per heavy atom. The van der Waals surface area contributed by atoms with Crippen molar-refractivity contribution in [1.82, 2.24) is 10.2 Å². The Morgan fingerprint density at radius 3 is 1.86 bits per heavy atom. The quantitative estimate of drug-likeness (QED) is 0.450. The van der Waals surface area contributed by atoms with Crippen LogP contribution in [0.2, 0.25) is 0 Å². The highest BCUT2D eigenvalue weighted by molar-refractivity contribution is 7.80. The number of rotatable bonds is 7. The molecule has 0 spiro atoms. The minimum Gasteiger partial charge on any atom is -0.358 e. The molecule has 10 heteroatoms. The second-order valence-electron chi connectivity index (χ2n) is 7.32. The van der Waals surface area contributed by atoms with Crippen molar-refractivity contribution in [2.24, 2.45) is 5.92 Å². The predicted molar refractivity (Wildman–Crippen MR) is 102 cm³/mol. The summed E-state index contributed by atoms with van der Waals surface area (Å²) in [6.45, 7) is 4.74. The fourth-order valence-corrected chi connectivity index (χ4v) is 2.85. The third-order valence-electron chi connectivity index (χ3n) is 3.86. The molecule has 0 bridgehead atoms. The van der Waals surface area contributed by atoms with Gasteiger partial charge in [-0.1, -0.05) is 13.8 Å². The molecule has 2 N–H and O–H groups in total. The van der Waals surface area contributed by atoms with Crippen LogP contribution in [-0.2, 0) is 12.4 Å². The Kier molecular flexibility index (Phi) is 8.55. The Bertz CT molecular complexity index is 623. The number of halogens is 6. The van der Waals surface area contributed by atoms with Gasteiger partial charge in [-0.15, -0.1) is 0 Å². The van der Waals surface area contributed by atoms with Crippen molar-refractivity contribution >= 4 is 23.0 Å². The van der Waals surface area contributed by atoms with Gasteiger partial charge in [0.25, 0.3) is 0 Å². The molecule has 1 atom stereocenters. The zero-order valence-electron chi connectivity index (χ0n) is 16.1. The number of hydrogen-bond donors (Lipinski definition) is 2. The van der Waals surface area contributed by atoms with Crippen LogP contribution in [0.3, 0.4) is 0 Å². The zero-order chi connectivity index (χ0) is 21.7. The lowest BCUT2D eigenvalue weighted by molar-refractivity contribution is -0.143. The first kappa shape index (κ1) is 24.5. The number of thiocarbonyl (C=S) groups is 1. The van der Waals surface area contributed by atoms with Gasteiger partial charge in [-0.05, 0) is 63.3 Å². The van der Waals surface area contributed by atoms with Crippen molar-refractivity contribution in [2.45, 2.75) is 45.1 Å². The molecule has 0 saturated heterocycles. The summed E-state index contributed by atoms with van der Waals surface area (Å²) < 4.78 is 77.7. The minimum atomic E-state index is -4.91. The van der Waals surface area contributed by atoms with Gasteiger partial charge in [0.15, 0.2) is 5.11 Å².